The van der Waals surface area contributed by atoms with Gasteiger partial charge in [0.2, 0.25) is 5.95 Å². The van der Waals surface area contributed by atoms with Gasteiger partial charge in [-0.2, -0.15) is 4.39 Å². The van der Waals surface area contributed by atoms with Crippen molar-refractivity contribution in [3.63, 3.8) is 0 Å². The molecule has 102 valence electrons. The summed E-state index contributed by atoms with van der Waals surface area (Å²) in [5, 5.41) is 2.88. The van der Waals surface area contributed by atoms with Crippen LogP contribution in [0.25, 0.3) is 0 Å². The number of amides is 1. The van der Waals surface area contributed by atoms with Gasteiger partial charge in [0.1, 0.15) is 0 Å². The van der Waals surface area contributed by atoms with Crippen LogP contribution >= 0.6 is 0 Å². The molecule has 3 nitrogen and oxygen atoms in total. The summed E-state index contributed by atoms with van der Waals surface area (Å²) in [5.41, 5.74) is 3.63. The average molecular weight is 270 g/mol. The monoisotopic (exact) mass is 270 g/mol. The van der Waals surface area contributed by atoms with E-state index in [0.717, 1.165) is 31.0 Å². The second-order valence-corrected chi connectivity index (χ2v) is 4.97. The number of nitrogens with zero attached hydrogens (tertiary/aromatic N) is 1. The first-order valence-electron chi connectivity index (χ1n) is 6.78. The van der Waals surface area contributed by atoms with Gasteiger partial charge >= 0.3 is 0 Å². The Hall–Kier alpha value is -2.23. The van der Waals surface area contributed by atoms with Crippen molar-refractivity contribution >= 4 is 11.6 Å². The van der Waals surface area contributed by atoms with Crippen molar-refractivity contribution in [1.29, 1.82) is 0 Å². The summed E-state index contributed by atoms with van der Waals surface area (Å²) in [6.07, 6.45) is 5.67. The van der Waals surface area contributed by atoms with E-state index in [1.807, 2.05) is 12.1 Å². The molecule has 0 atom stereocenters. The van der Waals surface area contributed by atoms with E-state index in [1.165, 1.54) is 29.8 Å². The number of pyridine rings is 1. The van der Waals surface area contributed by atoms with Gasteiger partial charge in [-0.3, -0.25) is 4.79 Å². The minimum absolute atomic E-state index is 0.283. The fourth-order valence-electron chi connectivity index (χ4n) is 2.64. The predicted octanol–water partition coefficient (Wildman–Crippen LogP) is 3.35. The molecule has 0 unspecified atom stereocenters. The Morgan fingerprint density at radius 1 is 1.20 bits per heavy atom. The van der Waals surface area contributed by atoms with Crippen LogP contribution < -0.4 is 5.32 Å². The molecule has 1 aromatic heterocycles. The van der Waals surface area contributed by atoms with E-state index < -0.39 is 5.95 Å². The van der Waals surface area contributed by atoms with Crippen LogP contribution in [0.15, 0.2) is 36.5 Å². The number of aryl methyl sites for hydroxylation is 1. The van der Waals surface area contributed by atoms with Crippen LogP contribution in [-0.4, -0.2) is 10.9 Å². The SMILES string of the molecule is O=C(Nc1cccc2c1CCCC2)c1ccnc(F)c1. The van der Waals surface area contributed by atoms with Gasteiger partial charge < -0.3 is 5.32 Å². The number of anilines is 1. The standard InChI is InChI=1S/C16H15FN2O/c17-15-10-12(8-9-18-15)16(20)19-14-7-3-5-11-4-1-2-6-13(11)14/h3,5,7-10H,1-2,4,6H2,(H,19,20). The number of carbonyl (C=O) groups excluding carboxylic acids is 1. The fraction of sp³-hybridized carbons (Fsp3) is 0.250. The third-order valence-electron chi connectivity index (χ3n) is 3.63. The van der Waals surface area contributed by atoms with Crippen LogP contribution in [0.2, 0.25) is 0 Å². The maximum atomic E-state index is 13.0. The molecule has 0 spiro atoms. The lowest BCUT2D eigenvalue weighted by atomic mass is 9.90. The second kappa shape index (κ2) is 5.41. The quantitative estimate of drug-likeness (QED) is 0.850. The summed E-state index contributed by atoms with van der Waals surface area (Å²) in [6, 6.07) is 8.61. The van der Waals surface area contributed by atoms with Crippen molar-refractivity contribution in [1.82, 2.24) is 4.98 Å². The first kappa shape index (κ1) is 12.8. The molecular formula is C16H15FN2O. The van der Waals surface area contributed by atoms with Crippen LogP contribution in [-0.2, 0) is 12.8 Å². The van der Waals surface area contributed by atoms with Crippen LogP contribution in [0, 0.1) is 5.95 Å². The molecule has 0 aliphatic heterocycles. The highest BCUT2D eigenvalue weighted by Crippen LogP contribution is 2.28. The number of carbonyl (C=O) groups is 1. The maximum absolute atomic E-state index is 13.0. The summed E-state index contributed by atoms with van der Waals surface area (Å²) < 4.78 is 13.0. The Bertz CT molecular complexity index is 655. The molecule has 1 aromatic carbocycles. The number of aromatic nitrogens is 1. The summed E-state index contributed by atoms with van der Waals surface area (Å²) >= 11 is 0. The lowest BCUT2D eigenvalue weighted by Gasteiger charge is -2.19. The smallest absolute Gasteiger partial charge is 0.255 e. The molecule has 0 radical (unpaired) electrons. The zero-order valence-electron chi connectivity index (χ0n) is 11.0. The van der Waals surface area contributed by atoms with Crippen molar-refractivity contribution in [2.24, 2.45) is 0 Å². The van der Waals surface area contributed by atoms with Crippen molar-refractivity contribution in [2.45, 2.75) is 25.7 Å². The van der Waals surface area contributed by atoms with E-state index in [0.29, 0.717) is 0 Å². The van der Waals surface area contributed by atoms with Gasteiger partial charge in [0.05, 0.1) is 0 Å². The Kier molecular flexibility index (Phi) is 3.46. The number of fused-ring (bicyclic) bond motifs is 1. The molecule has 0 saturated carbocycles. The number of rotatable bonds is 2. The molecule has 1 aliphatic rings. The highest BCUT2D eigenvalue weighted by Gasteiger charge is 2.15. The summed E-state index contributed by atoms with van der Waals surface area (Å²) in [6.45, 7) is 0. The van der Waals surface area contributed by atoms with Gasteiger partial charge in [0.15, 0.2) is 0 Å². The van der Waals surface area contributed by atoms with Gasteiger partial charge in [0.25, 0.3) is 5.91 Å². The highest BCUT2D eigenvalue weighted by molar-refractivity contribution is 6.04. The van der Waals surface area contributed by atoms with Crippen molar-refractivity contribution in [3.8, 4) is 0 Å². The third kappa shape index (κ3) is 2.54. The maximum Gasteiger partial charge on any atom is 0.255 e. The molecule has 1 aliphatic carbocycles. The molecule has 1 N–H and O–H groups in total. The Morgan fingerprint density at radius 3 is 2.90 bits per heavy atom. The molecule has 1 heterocycles. The Labute approximate surface area is 116 Å². The average Bonchev–Trinajstić information content (AvgIpc) is 2.47. The second-order valence-electron chi connectivity index (χ2n) is 4.97. The van der Waals surface area contributed by atoms with E-state index in [4.69, 9.17) is 0 Å². The molecule has 2 aromatic rings. The van der Waals surface area contributed by atoms with Gasteiger partial charge in [-0.1, -0.05) is 12.1 Å². The van der Waals surface area contributed by atoms with Crippen LogP contribution in [0.5, 0.6) is 0 Å². The van der Waals surface area contributed by atoms with E-state index in [1.54, 1.807) is 0 Å². The lowest BCUT2D eigenvalue weighted by molar-refractivity contribution is 0.102. The van der Waals surface area contributed by atoms with Gasteiger partial charge in [0, 0.05) is 23.5 Å². The lowest BCUT2D eigenvalue weighted by Crippen LogP contribution is -2.15. The van der Waals surface area contributed by atoms with E-state index in [2.05, 4.69) is 16.4 Å². The zero-order chi connectivity index (χ0) is 13.9. The number of halogens is 1. The van der Waals surface area contributed by atoms with E-state index in [9.17, 15) is 9.18 Å². The minimum Gasteiger partial charge on any atom is -0.322 e. The largest absolute Gasteiger partial charge is 0.322 e. The third-order valence-corrected chi connectivity index (χ3v) is 3.63. The molecule has 0 bridgehead atoms. The van der Waals surface area contributed by atoms with E-state index in [-0.39, 0.29) is 11.5 Å². The first-order chi connectivity index (χ1) is 9.74. The zero-order valence-corrected chi connectivity index (χ0v) is 11.0. The van der Waals surface area contributed by atoms with Crippen LogP contribution in [0.3, 0.4) is 0 Å². The molecule has 1 amide bonds. The Balaban J connectivity index is 1.86. The minimum atomic E-state index is -0.646. The molecular weight excluding hydrogens is 255 g/mol. The van der Waals surface area contributed by atoms with Crippen molar-refractivity contribution in [3.05, 3.63) is 59.2 Å². The Morgan fingerprint density at radius 2 is 2.05 bits per heavy atom. The van der Waals surface area contributed by atoms with Gasteiger partial charge in [-0.05, 0) is 48.9 Å². The fourth-order valence-corrected chi connectivity index (χ4v) is 2.64. The summed E-state index contributed by atoms with van der Waals surface area (Å²) in [7, 11) is 0. The number of benzene rings is 1. The van der Waals surface area contributed by atoms with Crippen molar-refractivity contribution < 1.29 is 9.18 Å². The molecule has 3 rings (SSSR count). The number of hydrogen-bond donors (Lipinski definition) is 1. The number of nitrogens with one attached hydrogen (secondary N) is 1. The van der Waals surface area contributed by atoms with Crippen molar-refractivity contribution in [2.75, 3.05) is 5.32 Å². The highest BCUT2D eigenvalue weighted by atomic mass is 19.1. The van der Waals surface area contributed by atoms with E-state index >= 15 is 0 Å². The molecule has 0 saturated heterocycles. The molecule has 4 heteroatoms. The first-order valence-corrected chi connectivity index (χ1v) is 6.78. The topological polar surface area (TPSA) is 42.0 Å². The van der Waals surface area contributed by atoms with Crippen LogP contribution in [0.4, 0.5) is 10.1 Å². The summed E-state index contributed by atoms with van der Waals surface area (Å²) in [4.78, 5) is 15.6. The predicted molar refractivity (Wildman–Crippen MR) is 75.2 cm³/mol. The normalized spacial score (nSPS) is 13.7. The van der Waals surface area contributed by atoms with Gasteiger partial charge in [-0.25, -0.2) is 4.98 Å². The van der Waals surface area contributed by atoms with Gasteiger partial charge in [-0.15, -0.1) is 0 Å². The van der Waals surface area contributed by atoms with Crippen LogP contribution in [0.1, 0.15) is 34.3 Å². The molecule has 0 fully saturated rings. The number of hydrogen-bond acceptors (Lipinski definition) is 2. The summed E-state index contributed by atoms with van der Waals surface area (Å²) in [5.74, 6) is -0.946. The molecule has 20 heavy (non-hydrogen) atoms.